The van der Waals surface area contributed by atoms with Crippen LogP contribution < -0.4 is 10.4 Å². The van der Waals surface area contributed by atoms with Gasteiger partial charge in [-0.15, -0.1) is 11.3 Å². The highest BCUT2D eigenvalue weighted by molar-refractivity contribution is 7.13. The minimum absolute atomic E-state index is 0.224. The molecule has 0 saturated heterocycles. The van der Waals surface area contributed by atoms with Gasteiger partial charge in [0.25, 0.3) is 0 Å². The number of hydrogen-bond acceptors (Lipinski definition) is 5. The van der Waals surface area contributed by atoms with Crippen LogP contribution in [0, 0.1) is 11.8 Å². The Hall–Kier alpha value is -1.40. The number of thiazole rings is 1. The lowest BCUT2D eigenvalue weighted by Crippen LogP contribution is -2.41. The van der Waals surface area contributed by atoms with E-state index in [-0.39, 0.29) is 18.7 Å². The number of anilines is 1. The fraction of sp³-hybridized carbons (Fsp3) is 0.364. The summed E-state index contributed by atoms with van der Waals surface area (Å²) in [6, 6.07) is 0. The van der Waals surface area contributed by atoms with Crippen molar-refractivity contribution in [1.82, 2.24) is 4.98 Å². The highest BCUT2D eigenvalue weighted by Gasteiger charge is 2.32. The zero-order chi connectivity index (χ0) is 13.1. The van der Waals surface area contributed by atoms with Gasteiger partial charge in [-0.25, -0.2) is 0 Å². The molecule has 1 amide bonds. The third kappa shape index (κ3) is 2.88. The molecule has 0 saturated carbocycles. The molecule has 7 heteroatoms. The van der Waals surface area contributed by atoms with Crippen LogP contribution in [0.4, 0.5) is 5.00 Å². The summed E-state index contributed by atoms with van der Waals surface area (Å²) in [5.41, 5.74) is 1.58. The Morgan fingerprint density at radius 3 is 2.89 bits per heavy atom. The molecule has 1 aromatic rings. The molecule has 96 valence electrons. The van der Waals surface area contributed by atoms with E-state index in [9.17, 15) is 14.7 Å². The number of amides is 1. The van der Waals surface area contributed by atoms with Crippen molar-refractivity contribution < 1.29 is 14.7 Å². The van der Waals surface area contributed by atoms with E-state index in [1.807, 2.05) is 0 Å². The van der Waals surface area contributed by atoms with E-state index in [0.717, 1.165) is 0 Å². The lowest BCUT2D eigenvalue weighted by molar-refractivity contribution is -0.313. The lowest BCUT2D eigenvalue weighted by Gasteiger charge is -2.29. The first kappa shape index (κ1) is 13.0. The number of carbonyl (C=O) groups is 2. The van der Waals surface area contributed by atoms with Gasteiger partial charge in [-0.2, -0.15) is 0 Å². The maximum atomic E-state index is 12.0. The molecule has 0 fully saturated rings. The number of rotatable bonds is 3. The van der Waals surface area contributed by atoms with E-state index in [0.29, 0.717) is 10.0 Å². The van der Waals surface area contributed by atoms with Gasteiger partial charge in [0.05, 0.1) is 17.6 Å². The summed E-state index contributed by atoms with van der Waals surface area (Å²) in [6.45, 7) is 0. The molecule has 2 atom stereocenters. The predicted octanol–water partition coefficient (Wildman–Crippen LogP) is 0.980. The van der Waals surface area contributed by atoms with Crippen molar-refractivity contribution in [2.45, 2.75) is 12.8 Å². The quantitative estimate of drug-likeness (QED) is 0.897. The molecule has 0 bridgehead atoms. The van der Waals surface area contributed by atoms with Crippen LogP contribution in [0.15, 0.2) is 22.8 Å². The van der Waals surface area contributed by atoms with Crippen LogP contribution in [0.2, 0.25) is 0 Å². The zero-order valence-electron chi connectivity index (χ0n) is 9.26. The molecule has 0 unspecified atom stereocenters. The molecule has 1 aromatic heterocycles. The number of nitrogens with zero attached hydrogens (tertiary/aromatic N) is 1. The summed E-state index contributed by atoms with van der Waals surface area (Å²) in [6.07, 6.45) is 3.59. The maximum absolute atomic E-state index is 12.0. The fourth-order valence-corrected chi connectivity index (χ4v) is 2.65. The number of nitrogens with one attached hydrogen (secondary N) is 1. The average Bonchev–Trinajstić information content (AvgIpc) is 2.81. The van der Waals surface area contributed by atoms with Crippen molar-refractivity contribution in [3.05, 3.63) is 22.8 Å². The van der Waals surface area contributed by atoms with E-state index in [2.05, 4.69) is 10.3 Å². The van der Waals surface area contributed by atoms with Crippen molar-refractivity contribution >= 4 is 39.8 Å². The Bertz CT molecular complexity index is 486. The fourth-order valence-electron chi connectivity index (χ4n) is 1.88. The molecule has 5 nitrogen and oxygen atoms in total. The molecular weight excluding hydrogens is 276 g/mol. The number of carboxylic acid groups (broad SMARTS) is 1. The first-order valence-corrected chi connectivity index (χ1v) is 6.58. The van der Waals surface area contributed by atoms with Crippen molar-refractivity contribution in [3.63, 3.8) is 0 Å². The molecule has 0 aliphatic heterocycles. The molecule has 1 aliphatic rings. The second-order valence-electron chi connectivity index (χ2n) is 3.98. The minimum Gasteiger partial charge on any atom is -0.550 e. The summed E-state index contributed by atoms with van der Waals surface area (Å²) in [5, 5.41) is 14.7. The van der Waals surface area contributed by atoms with E-state index >= 15 is 0 Å². The summed E-state index contributed by atoms with van der Waals surface area (Å²) in [5.74, 6) is -3.12. The van der Waals surface area contributed by atoms with Gasteiger partial charge in [-0.1, -0.05) is 17.7 Å². The number of halogens is 1. The molecule has 1 N–H and O–H groups in total. The molecule has 1 aliphatic carbocycles. The van der Waals surface area contributed by atoms with Crippen molar-refractivity contribution in [2.75, 3.05) is 5.32 Å². The Balaban J connectivity index is 2.11. The van der Waals surface area contributed by atoms with Crippen LogP contribution in [-0.2, 0) is 9.59 Å². The molecule has 0 spiro atoms. The number of carboxylic acids is 1. The third-order valence-corrected chi connectivity index (χ3v) is 3.81. The Kier molecular flexibility index (Phi) is 3.98. The maximum Gasteiger partial charge on any atom is 0.229 e. The molecule has 1 heterocycles. The Labute approximate surface area is 112 Å². The number of allylic oxidation sites excluding steroid dienone is 2. The van der Waals surface area contributed by atoms with E-state index in [1.54, 1.807) is 11.6 Å². The largest absolute Gasteiger partial charge is 0.550 e. The SMILES string of the molecule is O=C([O-])[C@@H]1CC=C(Cl)C[C@H]1C(=O)Nc1cncs1. The zero-order valence-corrected chi connectivity index (χ0v) is 10.8. The van der Waals surface area contributed by atoms with Crippen molar-refractivity contribution in [2.24, 2.45) is 11.8 Å². The Morgan fingerprint density at radius 1 is 1.50 bits per heavy atom. The van der Waals surface area contributed by atoms with E-state index in [1.165, 1.54) is 17.5 Å². The first-order valence-electron chi connectivity index (χ1n) is 5.32. The first-order chi connectivity index (χ1) is 8.58. The highest BCUT2D eigenvalue weighted by atomic mass is 35.5. The number of carbonyl (C=O) groups excluding carboxylic acids is 2. The van der Waals surface area contributed by atoms with Gasteiger partial charge in [0.1, 0.15) is 5.00 Å². The second-order valence-corrected chi connectivity index (χ2v) is 5.35. The second kappa shape index (κ2) is 5.49. The van der Waals surface area contributed by atoms with Crippen LogP contribution >= 0.6 is 22.9 Å². The Morgan fingerprint density at radius 2 is 2.28 bits per heavy atom. The standard InChI is InChI=1S/C11H11ClN2O3S/c12-6-1-2-7(11(16)17)8(3-6)10(15)14-9-4-13-5-18-9/h1,4-5,7-8H,2-3H2,(H,14,15)(H,16,17)/p-1/t7-,8-/m1/s1. The van der Waals surface area contributed by atoms with E-state index < -0.39 is 17.8 Å². The van der Waals surface area contributed by atoms with E-state index in [4.69, 9.17) is 11.6 Å². The van der Waals surface area contributed by atoms with Gasteiger partial charge in [0.15, 0.2) is 0 Å². The van der Waals surface area contributed by atoms with Crippen LogP contribution in [0.3, 0.4) is 0 Å². The molecule has 18 heavy (non-hydrogen) atoms. The summed E-state index contributed by atoms with van der Waals surface area (Å²) < 4.78 is 0. The van der Waals surface area contributed by atoms with Gasteiger partial charge in [0.2, 0.25) is 5.91 Å². The van der Waals surface area contributed by atoms with Crippen molar-refractivity contribution in [3.8, 4) is 0 Å². The summed E-state index contributed by atoms with van der Waals surface area (Å²) >= 11 is 7.14. The van der Waals surface area contributed by atoms with Crippen molar-refractivity contribution in [1.29, 1.82) is 0 Å². The summed E-state index contributed by atoms with van der Waals surface area (Å²) in [7, 11) is 0. The van der Waals surface area contributed by atoms with Crippen LogP contribution in [0.25, 0.3) is 0 Å². The predicted molar refractivity (Wildman–Crippen MR) is 65.9 cm³/mol. The number of hydrogen-bond donors (Lipinski definition) is 1. The van der Waals surface area contributed by atoms with Crippen LogP contribution in [-0.4, -0.2) is 16.9 Å². The number of aliphatic carboxylic acids is 1. The van der Waals surface area contributed by atoms with Gasteiger partial charge in [-0.3, -0.25) is 9.78 Å². The smallest absolute Gasteiger partial charge is 0.229 e. The lowest BCUT2D eigenvalue weighted by atomic mass is 9.82. The average molecular weight is 286 g/mol. The molecule has 2 rings (SSSR count). The van der Waals surface area contributed by atoms with Crippen LogP contribution in [0.1, 0.15) is 12.8 Å². The topological polar surface area (TPSA) is 82.1 Å². The van der Waals surface area contributed by atoms with Gasteiger partial charge >= 0.3 is 0 Å². The highest BCUT2D eigenvalue weighted by Crippen LogP contribution is 2.32. The van der Waals surface area contributed by atoms with Gasteiger partial charge in [0, 0.05) is 16.9 Å². The number of aromatic nitrogens is 1. The normalized spacial score (nSPS) is 23.3. The molecule has 0 radical (unpaired) electrons. The summed E-state index contributed by atoms with van der Waals surface area (Å²) in [4.78, 5) is 26.8. The van der Waals surface area contributed by atoms with Gasteiger partial charge < -0.3 is 15.2 Å². The van der Waals surface area contributed by atoms with Gasteiger partial charge in [-0.05, 0) is 12.8 Å². The monoisotopic (exact) mass is 285 g/mol. The minimum atomic E-state index is -1.22. The molecule has 0 aromatic carbocycles. The van der Waals surface area contributed by atoms with Crippen LogP contribution in [0.5, 0.6) is 0 Å². The third-order valence-electron chi connectivity index (χ3n) is 2.81. The molecular formula is C11H10ClN2O3S-.